The lowest BCUT2D eigenvalue weighted by atomic mass is 9.95. The fraction of sp³-hybridized carbons (Fsp3) is 0.863. The number of aliphatic hydroxyl groups excluding tert-OH is 4. The van der Waals surface area contributed by atoms with Crippen LogP contribution < -0.4 is 0 Å². The van der Waals surface area contributed by atoms with E-state index >= 15 is 0 Å². The predicted molar refractivity (Wildman–Crippen MR) is 251 cm³/mol. The third kappa shape index (κ3) is 30.7. The van der Waals surface area contributed by atoms with Crippen LogP contribution in [-0.2, 0) is 42.8 Å². The molecule has 13 heteroatoms. The molecule has 1 aliphatic rings. The quantitative estimate of drug-likeness (QED) is 0.0149. The number of epoxide rings is 1. The van der Waals surface area contributed by atoms with E-state index in [0.717, 1.165) is 70.6 Å². The number of esters is 3. The molecule has 0 aromatic heterocycles. The molecule has 9 unspecified atom stereocenters. The summed E-state index contributed by atoms with van der Waals surface area (Å²) in [6.45, 7) is 5.85. The Hall–Kier alpha value is -2.39. The molecule has 0 amide bonds. The van der Waals surface area contributed by atoms with Gasteiger partial charge in [-0.15, -0.1) is 0 Å². The maximum Gasteiger partial charge on any atom is 0.306 e. The number of carbonyl (C=O) groups is 3. The van der Waals surface area contributed by atoms with Gasteiger partial charge in [-0.3, -0.25) is 14.4 Å². The lowest BCUT2D eigenvalue weighted by Gasteiger charge is -2.21. The molecule has 9 atom stereocenters. The van der Waals surface area contributed by atoms with Crippen LogP contribution >= 0.6 is 0 Å². The van der Waals surface area contributed by atoms with E-state index < -0.39 is 42.3 Å². The molecule has 4 N–H and O–H groups in total. The Morgan fingerprint density at radius 1 is 0.562 bits per heavy atom. The van der Waals surface area contributed by atoms with Gasteiger partial charge in [0.25, 0.3) is 0 Å². The van der Waals surface area contributed by atoms with Gasteiger partial charge < -0.3 is 48.8 Å². The number of hydrogen-bond donors (Lipinski definition) is 4. The van der Waals surface area contributed by atoms with Gasteiger partial charge in [-0.05, 0) is 83.5 Å². The molecule has 0 aliphatic carbocycles. The minimum Gasteiger partial charge on any atom is -0.462 e. The zero-order chi connectivity index (χ0) is 47.2. The average molecular weight is 913 g/mol. The Morgan fingerprint density at radius 2 is 1.09 bits per heavy atom. The minimum absolute atomic E-state index is 0.0416. The smallest absolute Gasteiger partial charge is 0.306 e. The van der Waals surface area contributed by atoms with E-state index in [1.165, 1.54) is 25.7 Å². The molecule has 0 aromatic carbocycles. The van der Waals surface area contributed by atoms with Gasteiger partial charge in [0.05, 0.1) is 42.7 Å². The summed E-state index contributed by atoms with van der Waals surface area (Å²) in [6, 6.07) is 0. The van der Waals surface area contributed by atoms with Crippen molar-refractivity contribution in [2.24, 2.45) is 5.92 Å². The van der Waals surface area contributed by atoms with Crippen molar-refractivity contribution in [3.05, 3.63) is 24.3 Å². The van der Waals surface area contributed by atoms with Crippen molar-refractivity contribution in [2.45, 2.75) is 243 Å². The molecule has 13 nitrogen and oxygen atoms in total. The Kier molecular flexibility index (Phi) is 37.0. The highest BCUT2D eigenvalue weighted by atomic mass is 16.6. The molecule has 0 radical (unpaired) electrons. The molecular weight excluding hydrogens is 821 g/mol. The summed E-state index contributed by atoms with van der Waals surface area (Å²) in [4.78, 5) is 38.2. The van der Waals surface area contributed by atoms with Gasteiger partial charge in [-0.25, -0.2) is 0 Å². The summed E-state index contributed by atoms with van der Waals surface area (Å²) in [6.07, 6.45) is 25.9. The molecule has 1 heterocycles. The van der Waals surface area contributed by atoms with Crippen LogP contribution in [0.5, 0.6) is 0 Å². The second kappa shape index (κ2) is 39.7. The van der Waals surface area contributed by atoms with Gasteiger partial charge in [0.1, 0.15) is 13.2 Å². The van der Waals surface area contributed by atoms with E-state index in [9.17, 15) is 34.8 Å². The highest BCUT2D eigenvalue weighted by Crippen LogP contribution is 2.30. The van der Waals surface area contributed by atoms with Crippen LogP contribution in [0.15, 0.2) is 24.3 Å². The highest BCUT2D eigenvalue weighted by molar-refractivity contribution is 5.71. The lowest BCUT2D eigenvalue weighted by molar-refractivity contribution is -0.167. The third-order valence-corrected chi connectivity index (χ3v) is 12.2. The summed E-state index contributed by atoms with van der Waals surface area (Å²) < 4.78 is 33.2. The van der Waals surface area contributed by atoms with Gasteiger partial charge in [-0.2, -0.15) is 0 Å². The van der Waals surface area contributed by atoms with Crippen LogP contribution in [-0.4, -0.2) is 121 Å². The summed E-state index contributed by atoms with van der Waals surface area (Å²) in [7, 11) is 3.22. The fourth-order valence-electron chi connectivity index (χ4n) is 7.80. The molecule has 1 fully saturated rings. The zero-order valence-electron chi connectivity index (χ0n) is 40.7. The Balaban J connectivity index is 2.53. The largest absolute Gasteiger partial charge is 0.462 e. The van der Waals surface area contributed by atoms with Gasteiger partial charge in [0.15, 0.2) is 6.10 Å². The van der Waals surface area contributed by atoms with E-state index in [4.69, 9.17) is 28.4 Å². The fourth-order valence-corrected chi connectivity index (χ4v) is 7.80. The number of allylic oxidation sites excluding steroid dienone is 3. The first kappa shape index (κ1) is 59.6. The number of methoxy groups -OCH3 is 2. The molecule has 1 rings (SSSR count). The number of carbonyl (C=O) groups excluding carboxylic acids is 3. The van der Waals surface area contributed by atoms with Crippen LogP contribution in [0, 0.1) is 5.92 Å². The second-order valence-electron chi connectivity index (χ2n) is 17.7. The summed E-state index contributed by atoms with van der Waals surface area (Å²) in [5.74, 6) is -1.49. The highest BCUT2D eigenvalue weighted by Gasteiger charge is 2.39. The number of rotatable bonds is 44. The van der Waals surface area contributed by atoms with Crippen molar-refractivity contribution in [1.29, 1.82) is 0 Å². The molecule has 0 bridgehead atoms. The van der Waals surface area contributed by atoms with E-state index in [-0.39, 0.29) is 69.4 Å². The number of ether oxygens (including phenoxy) is 6. The first-order valence-corrected chi connectivity index (χ1v) is 25.2. The SMILES string of the molecule is CCCCCCCCC(OC)C(O)CCCCC(=O)OCC(COC(=O)CCCCC/C=C\CC(CO)C(O)CCCC)OC(=O)CCCC/C=C\CC(OC)C(O)CC1OC1CC. The lowest BCUT2D eigenvalue weighted by Crippen LogP contribution is -2.31. The predicted octanol–water partition coefficient (Wildman–Crippen LogP) is 9.18. The monoisotopic (exact) mass is 913 g/mol. The maximum absolute atomic E-state index is 12.9. The summed E-state index contributed by atoms with van der Waals surface area (Å²) in [5, 5.41) is 41.1. The number of unbranched alkanes of at least 4 members (excludes halogenated alkanes) is 12. The molecular formula is C51H92O13. The summed E-state index contributed by atoms with van der Waals surface area (Å²) in [5.41, 5.74) is 0. The van der Waals surface area contributed by atoms with Crippen LogP contribution in [0.3, 0.4) is 0 Å². The molecule has 64 heavy (non-hydrogen) atoms. The minimum atomic E-state index is -0.939. The average Bonchev–Trinajstić information content (AvgIpc) is 4.05. The molecule has 1 aliphatic heterocycles. The molecule has 374 valence electrons. The van der Waals surface area contributed by atoms with Crippen molar-refractivity contribution >= 4 is 17.9 Å². The number of hydrogen-bond acceptors (Lipinski definition) is 13. The maximum atomic E-state index is 12.9. The van der Waals surface area contributed by atoms with Crippen molar-refractivity contribution in [2.75, 3.05) is 34.0 Å². The van der Waals surface area contributed by atoms with E-state index in [0.29, 0.717) is 57.8 Å². The van der Waals surface area contributed by atoms with Gasteiger partial charge in [0, 0.05) is 52.4 Å². The number of aliphatic hydroxyl groups is 4. The standard InChI is InChI=1S/C51H92O13/c1-6-9-11-12-17-22-31-46(59-4)43(54)30-26-27-34-50(57)62-39-41(38-61-49(56)33-24-19-14-13-16-21-28-40(37-52)42(53)29-10-7-2)63-51(58)35-25-20-15-18-23-32-47(60-5)44(55)36-48-45(8-3)64-48/h16,18,21,23,40-48,52-55H,6-15,17,19-20,22,24-39H2,1-5H3/b21-16-,23-18-. The zero-order valence-corrected chi connectivity index (χ0v) is 40.7. The van der Waals surface area contributed by atoms with Crippen LogP contribution in [0.1, 0.15) is 194 Å². The summed E-state index contributed by atoms with van der Waals surface area (Å²) >= 11 is 0. The van der Waals surface area contributed by atoms with Crippen molar-refractivity contribution < 1.29 is 63.2 Å². The van der Waals surface area contributed by atoms with E-state index in [1.54, 1.807) is 14.2 Å². The molecule has 0 aromatic rings. The van der Waals surface area contributed by atoms with Crippen molar-refractivity contribution in [1.82, 2.24) is 0 Å². The van der Waals surface area contributed by atoms with Crippen molar-refractivity contribution in [3.8, 4) is 0 Å². The van der Waals surface area contributed by atoms with Gasteiger partial charge in [0.2, 0.25) is 0 Å². The normalized spacial score (nSPS) is 18.4. The van der Waals surface area contributed by atoms with Gasteiger partial charge >= 0.3 is 17.9 Å². The Bertz CT molecular complexity index is 1210. The Morgan fingerprint density at radius 3 is 1.70 bits per heavy atom. The first-order valence-electron chi connectivity index (χ1n) is 25.2. The molecule has 0 saturated carbocycles. The van der Waals surface area contributed by atoms with E-state index in [2.05, 4.69) is 26.8 Å². The van der Waals surface area contributed by atoms with Crippen LogP contribution in [0.4, 0.5) is 0 Å². The molecule has 0 spiro atoms. The van der Waals surface area contributed by atoms with Crippen LogP contribution in [0.2, 0.25) is 0 Å². The molecule has 1 saturated heterocycles. The third-order valence-electron chi connectivity index (χ3n) is 12.2. The Labute approximate surface area is 387 Å². The van der Waals surface area contributed by atoms with E-state index in [1.807, 2.05) is 18.2 Å². The topological polar surface area (TPSA) is 191 Å². The van der Waals surface area contributed by atoms with Crippen LogP contribution in [0.25, 0.3) is 0 Å². The first-order chi connectivity index (χ1) is 31.0. The van der Waals surface area contributed by atoms with Crippen molar-refractivity contribution in [3.63, 3.8) is 0 Å². The second-order valence-corrected chi connectivity index (χ2v) is 17.7. The van der Waals surface area contributed by atoms with Gasteiger partial charge in [-0.1, -0.05) is 109 Å².